The molecule has 2 N–H and O–H groups in total. The highest BCUT2D eigenvalue weighted by molar-refractivity contribution is 7.85. The Hall–Kier alpha value is -0.140. The van der Waals surface area contributed by atoms with E-state index in [1.165, 1.54) is 0 Å². The van der Waals surface area contributed by atoms with Crippen molar-refractivity contribution < 1.29 is 17.2 Å². The van der Waals surface area contributed by atoms with Gasteiger partial charge in [-0.15, -0.1) is 0 Å². The Morgan fingerprint density at radius 2 is 1.91 bits per heavy atom. The molecule has 0 rings (SSSR count). The molecule has 5 nitrogen and oxygen atoms in total. The summed E-state index contributed by atoms with van der Waals surface area (Å²) in [6.07, 6.45) is 0.638. The van der Waals surface area contributed by atoms with Gasteiger partial charge in [0.25, 0.3) is 10.1 Å². The van der Waals surface area contributed by atoms with Crippen molar-refractivity contribution in [2.45, 2.75) is 12.8 Å². The second-order valence-corrected chi connectivity index (χ2v) is 4.71. The molecule has 0 atom stereocenters. The summed E-state index contributed by atoms with van der Waals surface area (Å²) in [6.45, 7) is 0. The van der Waals surface area contributed by atoms with Gasteiger partial charge in [-0.3, -0.25) is 4.55 Å². The van der Waals surface area contributed by atoms with Gasteiger partial charge in [-0.25, -0.2) is 0 Å². The third-order valence-electron chi connectivity index (χ3n) is 0.982. The summed E-state index contributed by atoms with van der Waals surface area (Å²) in [5, 5.41) is 0. The number of unbranched alkanes of at least 4 members (excludes halogenated alkanes) is 1. The fraction of sp³-hybridized carbons (Fsp3) is 1.00. The van der Waals surface area contributed by atoms with Crippen LogP contribution in [0.25, 0.3) is 0 Å². The lowest BCUT2D eigenvalue weighted by Crippen LogP contribution is -2.04. The monoisotopic (exact) mass is 200 g/mol. The summed E-state index contributed by atoms with van der Waals surface area (Å²) < 4.78 is 45.2. The number of nitrogens with one attached hydrogen (secondary N) is 1. The highest BCUT2D eigenvalue weighted by Crippen LogP contribution is 1.93. The maximum atomic E-state index is 10.1. The summed E-state index contributed by atoms with van der Waals surface area (Å²) in [6, 6.07) is 0. The van der Waals surface area contributed by atoms with Gasteiger partial charge in [0, 0.05) is 0 Å². The predicted molar refractivity (Wildman–Crippen MR) is 41.3 cm³/mol. The molecule has 0 aromatic heterocycles. The minimum atomic E-state index is -3.88. The van der Waals surface area contributed by atoms with Crippen molar-refractivity contribution in [2.75, 3.05) is 11.5 Å². The van der Waals surface area contributed by atoms with Crippen molar-refractivity contribution >= 4 is 20.7 Å². The van der Waals surface area contributed by atoms with Crippen LogP contribution in [0.4, 0.5) is 0 Å². The van der Waals surface area contributed by atoms with Gasteiger partial charge in [0.2, 0.25) is 0 Å². The maximum absolute atomic E-state index is 10.1. The molecule has 0 aliphatic rings. The molecular weight excluding hydrogens is 190 g/mol. The SMILES string of the molecule is N=[S-](=O)CCCCS(=O)(=O)O. The van der Waals surface area contributed by atoms with Gasteiger partial charge in [-0.1, -0.05) is 12.2 Å². The highest BCUT2D eigenvalue weighted by atomic mass is 32.2. The van der Waals surface area contributed by atoms with Gasteiger partial charge in [0.15, 0.2) is 0 Å². The van der Waals surface area contributed by atoms with E-state index in [0.717, 1.165) is 0 Å². The summed E-state index contributed by atoms with van der Waals surface area (Å²) in [5.74, 6) is -0.153. The Kier molecular flexibility index (Phi) is 4.62. The van der Waals surface area contributed by atoms with Crippen LogP contribution in [0.2, 0.25) is 0 Å². The van der Waals surface area contributed by atoms with E-state index in [2.05, 4.69) is 0 Å². The molecule has 0 aromatic carbocycles. The van der Waals surface area contributed by atoms with Crippen molar-refractivity contribution in [3.05, 3.63) is 0 Å². The highest BCUT2D eigenvalue weighted by Gasteiger charge is 2.01. The first kappa shape index (κ1) is 10.9. The van der Waals surface area contributed by atoms with Crippen LogP contribution in [0.15, 0.2) is 0 Å². The van der Waals surface area contributed by atoms with E-state index in [4.69, 9.17) is 9.33 Å². The van der Waals surface area contributed by atoms with Crippen LogP contribution in [0.1, 0.15) is 12.8 Å². The normalized spacial score (nSPS) is 12.2. The van der Waals surface area contributed by atoms with Crippen LogP contribution < -0.4 is 0 Å². The van der Waals surface area contributed by atoms with Crippen LogP contribution >= 0.6 is 0 Å². The fourth-order valence-electron chi connectivity index (χ4n) is 0.518. The lowest BCUT2D eigenvalue weighted by Gasteiger charge is -1.98. The molecule has 0 heterocycles. The zero-order chi connectivity index (χ0) is 8.91. The summed E-state index contributed by atoms with van der Waals surface area (Å²) in [4.78, 5) is 0. The largest absolute Gasteiger partial charge is 0.445 e. The standard InChI is InChI=1S/C4H10NO4S2/c5-10(6)3-1-2-4-11(7,8)9/h5H,1-4H2,(H,7,8,9)/q-1. The van der Waals surface area contributed by atoms with Crippen LogP contribution in [-0.4, -0.2) is 24.5 Å². The lowest BCUT2D eigenvalue weighted by molar-refractivity contribution is 0.480. The van der Waals surface area contributed by atoms with Crippen LogP contribution in [-0.2, 0) is 24.9 Å². The van der Waals surface area contributed by atoms with E-state index in [1.54, 1.807) is 0 Å². The Bertz CT molecular complexity index is 258. The molecule has 0 unspecified atom stereocenters. The molecule has 0 aliphatic carbocycles. The lowest BCUT2D eigenvalue weighted by atomic mass is 10.4. The number of hydrogen-bond donors (Lipinski definition) is 2. The van der Waals surface area contributed by atoms with Crippen molar-refractivity contribution in [2.24, 2.45) is 0 Å². The minimum Gasteiger partial charge on any atom is -0.445 e. The molecule has 7 heteroatoms. The van der Waals surface area contributed by atoms with Crippen LogP contribution in [0, 0.1) is 4.78 Å². The Labute approximate surface area is 67.6 Å². The Morgan fingerprint density at radius 1 is 1.36 bits per heavy atom. The fourth-order valence-corrected chi connectivity index (χ4v) is 1.55. The third-order valence-corrected chi connectivity index (χ3v) is 2.45. The zero-order valence-electron chi connectivity index (χ0n) is 5.82. The second kappa shape index (κ2) is 4.68. The molecule has 0 aliphatic heterocycles. The average Bonchev–Trinajstić information content (AvgIpc) is 1.78. The molecule has 0 radical (unpaired) electrons. The van der Waals surface area contributed by atoms with Crippen molar-refractivity contribution in [3.63, 3.8) is 0 Å². The molecule has 0 saturated carbocycles. The predicted octanol–water partition coefficient (Wildman–Crippen LogP) is 0.381. The van der Waals surface area contributed by atoms with E-state index in [9.17, 15) is 12.6 Å². The van der Waals surface area contributed by atoms with E-state index in [1.807, 2.05) is 0 Å². The van der Waals surface area contributed by atoms with Gasteiger partial charge in [-0.05, 0) is 6.42 Å². The van der Waals surface area contributed by atoms with Gasteiger partial charge >= 0.3 is 0 Å². The van der Waals surface area contributed by atoms with Crippen molar-refractivity contribution in [1.82, 2.24) is 0 Å². The van der Waals surface area contributed by atoms with Crippen LogP contribution in [0.3, 0.4) is 0 Å². The maximum Gasteiger partial charge on any atom is 0.264 e. The number of hydrogen-bond acceptors (Lipinski definition) is 5. The zero-order valence-corrected chi connectivity index (χ0v) is 7.45. The first-order chi connectivity index (χ1) is 4.92. The Morgan fingerprint density at radius 3 is 2.27 bits per heavy atom. The van der Waals surface area contributed by atoms with Crippen LogP contribution in [0.5, 0.6) is 0 Å². The van der Waals surface area contributed by atoms with Crippen molar-refractivity contribution in [1.29, 1.82) is 4.78 Å². The molecule has 0 bridgehead atoms. The van der Waals surface area contributed by atoms with Gasteiger partial charge in [-0.2, -0.15) is 19.0 Å². The minimum absolute atomic E-state index is 0.162. The van der Waals surface area contributed by atoms with E-state index < -0.39 is 20.7 Å². The molecule has 0 spiro atoms. The molecule has 68 valence electrons. The molecule has 0 aromatic rings. The summed E-state index contributed by atoms with van der Waals surface area (Å²) in [7, 11) is -5.50. The molecule has 0 saturated heterocycles. The summed E-state index contributed by atoms with van der Waals surface area (Å²) >= 11 is 0. The van der Waals surface area contributed by atoms with E-state index in [-0.39, 0.29) is 17.9 Å². The average molecular weight is 200 g/mol. The number of rotatable bonds is 5. The quantitative estimate of drug-likeness (QED) is 0.381. The van der Waals surface area contributed by atoms with Gasteiger partial charge in [0.05, 0.1) is 5.75 Å². The molecular formula is C4H10NO4S2-. The van der Waals surface area contributed by atoms with E-state index in [0.29, 0.717) is 6.42 Å². The third kappa shape index (κ3) is 9.86. The second-order valence-electron chi connectivity index (χ2n) is 2.04. The first-order valence-electron chi connectivity index (χ1n) is 2.96. The molecule has 0 amide bonds. The first-order valence-corrected chi connectivity index (χ1v) is 5.89. The van der Waals surface area contributed by atoms with E-state index >= 15 is 0 Å². The van der Waals surface area contributed by atoms with Crippen molar-refractivity contribution in [3.8, 4) is 0 Å². The smallest absolute Gasteiger partial charge is 0.264 e. The summed E-state index contributed by atoms with van der Waals surface area (Å²) in [5.41, 5.74) is 0. The molecule has 11 heavy (non-hydrogen) atoms. The molecule has 0 fully saturated rings. The van der Waals surface area contributed by atoms with Gasteiger partial charge < -0.3 is 8.99 Å². The topological polar surface area (TPSA) is 95.3 Å². The Balaban J connectivity index is 3.44. The van der Waals surface area contributed by atoms with Gasteiger partial charge in [0.1, 0.15) is 0 Å².